The smallest absolute Gasteiger partial charge is 0.235 e. The van der Waals surface area contributed by atoms with E-state index in [1.165, 1.54) is 11.8 Å². The molecule has 1 aliphatic rings. The Labute approximate surface area is 123 Å². The molecular weight excluding hydrogens is 298 g/mol. The van der Waals surface area contributed by atoms with Crippen LogP contribution in [0.25, 0.3) is 0 Å². The molecule has 0 spiro atoms. The zero-order chi connectivity index (χ0) is 14.9. The zero-order valence-electron chi connectivity index (χ0n) is 11.8. The lowest BCUT2D eigenvalue weighted by atomic mass is 10.2. The minimum absolute atomic E-state index is 0.0555. The van der Waals surface area contributed by atoms with Crippen LogP contribution in [-0.4, -0.2) is 58.6 Å². The first-order valence-corrected chi connectivity index (χ1v) is 9.11. The van der Waals surface area contributed by atoms with E-state index in [0.29, 0.717) is 6.42 Å². The van der Waals surface area contributed by atoms with E-state index in [0.717, 1.165) is 5.16 Å². The SMILES string of the molecule is C[C@@H](Sc1nccn1C)C(=O)N(C)[C@@H]1CCS(=O)(=O)C1. The van der Waals surface area contributed by atoms with E-state index in [-0.39, 0.29) is 28.7 Å². The number of sulfone groups is 1. The molecule has 6 nitrogen and oxygen atoms in total. The van der Waals surface area contributed by atoms with Crippen LogP contribution in [0, 0.1) is 0 Å². The Morgan fingerprint density at radius 1 is 1.60 bits per heavy atom. The summed E-state index contributed by atoms with van der Waals surface area (Å²) in [5.74, 6) is 0.200. The maximum absolute atomic E-state index is 12.4. The minimum Gasteiger partial charge on any atom is -0.341 e. The lowest BCUT2D eigenvalue weighted by Gasteiger charge is -2.26. The molecule has 0 bridgehead atoms. The van der Waals surface area contributed by atoms with E-state index < -0.39 is 9.84 Å². The second-order valence-electron chi connectivity index (χ2n) is 5.09. The van der Waals surface area contributed by atoms with Crippen molar-refractivity contribution in [2.24, 2.45) is 7.05 Å². The molecule has 0 aliphatic carbocycles. The predicted octanol–water partition coefficient (Wildman–Crippen LogP) is 0.546. The van der Waals surface area contributed by atoms with E-state index in [9.17, 15) is 13.2 Å². The summed E-state index contributed by atoms with van der Waals surface area (Å²) in [4.78, 5) is 18.1. The molecule has 1 aromatic rings. The van der Waals surface area contributed by atoms with Crippen LogP contribution in [0.2, 0.25) is 0 Å². The summed E-state index contributed by atoms with van der Waals surface area (Å²) in [7, 11) is 0.585. The number of hydrogen-bond donors (Lipinski definition) is 0. The van der Waals surface area contributed by atoms with Crippen molar-refractivity contribution >= 4 is 27.5 Å². The summed E-state index contributed by atoms with van der Waals surface area (Å²) in [5.41, 5.74) is 0. The number of hydrogen-bond acceptors (Lipinski definition) is 5. The van der Waals surface area contributed by atoms with Gasteiger partial charge < -0.3 is 9.47 Å². The van der Waals surface area contributed by atoms with Gasteiger partial charge in [-0.15, -0.1) is 0 Å². The summed E-state index contributed by atoms with van der Waals surface area (Å²) >= 11 is 1.38. The number of rotatable bonds is 4. The zero-order valence-corrected chi connectivity index (χ0v) is 13.4. The Balaban J connectivity index is 1.98. The summed E-state index contributed by atoms with van der Waals surface area (Å²) < 4.78 is 24.8. The molecular formula is C12H19N3O3S2. The summed E-state index contributed by atoms with van der Waals surface area (Å²) in [5, 5.41) is 0.489. The fourth-order valence-electron chi connectivity index (χ4n) is 2.22. The summed E-state index contributed by atoms with van der Waals surface area (Å²) in [6, 6.07) is -0.197. The van der Waals surface area contributed by atoms with Crippen LogP contribution in [-0.2, 0) is 21.7 Å². The molecule has 0 N–H and O–H groups in total. The highest BCUT2D eigenvalue weighted by atomic mass is 32.2. The molecule has 2 heterocycles. The van der Waals surface area contributed by atoms with Gasteiger partial charge in [0.1, 0.15) is 0 Å². The highest BCUT2D eigenvalue weighted by Gasteiger charge is 2.34. The van der Waals surface area contributed by atoms with Crippen LogP contribution in [0.3, 0.4) is 0 Å². The van der Waals surface area contributed by atoms with Gasteiger partial charge in [0.15, 0.2) is 15.0 Å². The molecule has 2 rings (SSSR count). The third-order valence-electron chi connectivity index (χ3n) is 3.51. The monoisotopic (exact) mass is 317 g/mol. The van der Waals surface area contributed by atoms with Gasteiger partial charge in [0.05, 0.1) is 16.8 Å². The molecule has 1 amide bonds. The number of aryl methyl sites for hydroxylation is 1. The third-order valence-corrected chi connectivity index (χ3v) is 6.42. The average molecular weight is 317 g/mol. The van der Waals surface area contributed by atoms with E-state index >= 15 is 0 Å². The normalized spacial score (nSPS) is 22.6. The number of aromatic nitrogens is 2. The van der Waals surface area contributed by atoms with Crippen molar-refractivity contribution in [1.29, 1.82) is 0 Å². The molecule has 0 radical (unpaired) electrons. The first-order valence-electron chi connectivity index (χ1n) is 6.41. The van der Waals surface area contributed by atoms with Crippen molar-refractivity contribution < 1.29 is 13.2 Å². The highest BCUT2D eigenvalue weighted by Crippen LogP contribution is 2.24. The Hall–Kier alpha value is -1.02. The van der Waals surface area contributed by atoms with Gasteiger partial charge in [0, 0.05) is 32.5 Å². The Kier molecular flexibility index (Phi) is 4.43. The number of amides is 1. The van der Waals surface area contributed by atoms with Gasteiger partial charge in [0.25, 0.3) is 0 Å². The molecule has 8 heteroatoms. The first kappa shape index (κ1) is 15.4. The number of nitrogens with zero attached hydrogens (tertiary/aromatic N) is 3. The maximum atomic E-state index is 12.4. The van der Waals surface area contributed by atoms with Crippen LogP contribution in [0.15, 0.2) is 17.6 Å². The van der Waals surface area contributed by atoms with Crippen molar-refractivity contribution in [3.05, 3.63) is 12.4 Å². The van der Waals surface area contributed by atoms with Crippen LogP contribution in [0.5, 0.6) is 0 Å². The lowest BCUT2D eigenvalue weighted by Crippen LogP contribution is -2.41. The fourth-order valence-corrected chi connectivity index (χ4v) is 4.93. The van der Waals surface area contributed by atoms with Gasteiger partial charge in [-0.05, 0) is 13.3 Å². The van der Waals surface area contributed by atoms with E-state index in [2.05, 4.69) is 4.98 Å². The van der Waals surface area contributed by atoms with Crippen molar-refractivity contribution in [3.8, 4) is 0 Å². The van der Waals surface area contributed by atoms with Crippen molar-refractivity contribution in [3.63, 3.8) is 0 Å². The van der Waals surface area contributed by atoms with Gasteiger partial charge >= 0.3 is 0 Å². The number of imidazole rings is 1. The van der Waals surface area contributed by atoms with Crippen molar-refractivity contribution in [2.75, 3.05) is 18.6 Å². The van der Waals surface area contributed by atoms with Gasteiger partial charge in [-0.2, -0.15) is 0 Å². The van der Waals surface area contributed by atoms with Crippen molar-refractivity contribution in [2.45, 2.75) is 29.8 Å². The summed E-state index contributed by atoms with van der Waals surface area (Å²) in [6.45, 7) is 1.82. The minimum atomic E-state index is -2.97. The van der Waals surface area contributed by atoms with Gasteiger partial charge in [-0.3, -0.25) is 4.79 Å². The Bertz CT molecular complexity index is 597. The highest BCUT2D eigenvalue weighted by molar-refractivity contribution is 8.00. The molecule has 0 unspecified atom stereocenters. The molecule has 1 aliphatic heterocycles. The summed E-state index contributed by atoms with van der Waals surface area (Å²) in [6.07, 6.45) is 4.05. The molecule has 1 aromatic heterocycles. The van der Waals surface area contributed by atoms with Gasteiger partial charge in [0.2, 0.25) is 5.91 Å². The first-order chi connectivity index (χ1) is 9.30. The largest absolute Gasteiger partial charge is 0.341 e. The Morgan fingerprint density at radius 3 is 2.80 bits per heavy atom. The van der Waals surface area contributed by atoms with Crippen LogP contribution in [0.4, 0.5) is 0 Å². The molecule has 0 aromatic carbocycles. The maximum Gasteiger partial charge on any atom is 0.235 e. The molecule has 20 heavy (non-hydrogen) atoms. The molecule has 112 valence electrons. The molecule has 1 fully saturated rings. The standard InChI is InChI=1S/C12H19N3O3S2/c1-9(19-12-13-5-6-14(12)2)11(16)15(3)10-4-7-20(17,18)8-10/h5-6,9-10H,4,7-8H2,1-3H3/t9-,10-/m1/s1. The van der Waals surface area contributed by atoms with Crippen molar-refractivity contribution in [1.82, 2.24) is 14.5 Å². The fraction of sp³-hybridized carbons (Fsp3) is 0.667. The van der Waals surface area contributed by atoms with Gasteiger partial charge in [-0.25, -0.2) is 13.4 Å². The molecule has 0 saturated carbocycles. The molecule has 2 atom stereocenters. The average Bonchev–Trinajstić information content (AvgIpc) is 2.94. The molecule has 1 saturated heterocycles. The lowest BCUT2D eigenvalue weighted by molar-refractivity contribution is -0.130. The second kappa shape index (κ2) is 5.77. The van der Waals surface area contributed by atoms with Gasteiger partial charge in [-0.1, -0.05) is 11.8 Å². The number of carbonyl (C=O) groups is 1. The predicted molar refractivity (Wildman–Crippen MR) is 78.4 cm³/mol. The van der Waals surface area contributed by atoms with Crippen LogP contribution in [0.1, 0.15) is 13.3 Å². The number of thioether (sulfide) groups is 1. The van der Waals surface area contributed by atoms with Crippen LogP contribution < -0.4 is 0 Å². The van der Waals surface area contributed by atoms with Crippen LogP contribution >= 0.6 is 11.8 Å². The quantitative estimate of drug-likeness (QED) is 0.758. The number of carbonyl (C=O) groups excluding carboxylic acids is 1. The van der Waals surface area contributed by atoms with E-state index in [4.69, 9.17) is 0 Å². The second-order valence-corrected chi connectivity index (χ2v) is 8.62. The van der Waals surface area contributed by atoms with E-state index in [1.54, 1.807) is 18.1 Å². The van der Waals surface area contributed by atoms with E-state index in [1.807, 2.05) is 24.7 Å². The third kappa shape index (κ3) is 3.35. The Morgan fingerprint density at radius 2 is 2.30 bits per heavy atom. The topological polar surface area (TPSA) is 72.3 Å².